The highest BCUT2D eigenvalue weighted by molar-refractivity contribution is 7.89. The summed E-state index contributed by atoms with van der Waals surface area (Å²) in [5, 5.41) is 4.13. The van der Waals surface area contributed by atoms with Gasteiger partial charge in [-0.2, -0.15) is 4.31 Å². The van der Waals surface area contributed by atoms with Crippen molar-refractivity contribution in [1.29, 1.82) is 0 Å². The first-order valence-corrected chi connectivity index (χ1v) is 12.4. The van der Waals surface area contributed by atoms with Crippen LogP contribution in [0.25, 0.3) is 21.0 Å². The lowest BCUT2D eigenvalue weighted by molar-refractivity contribution is -0.133. The average molecular weight is 469 g/mol. The summed E-state index contributed by atoms with van der Waals surface area (Å²) in [4.78, 5) is 32.0. The van der Waals surface area contributed by atoms with Crippen LogP contribution in [-0.2, 0) is 21.4 Å². The summed E-state index contributed by atoms with van der Waals surface area (Å²) < 4.78 is 28.9. The molecule has 0 bridgehead atoms. The van der Waals surface area contributed by atoms with Gasteiger partial charge in [0.1, 0.15) is 11.4 Å². The van der Waals surface area contributed by atoms with Crippen molar-refractivity contribution >= 4 is 48.3 Å². The van der Waals surface area contributed by atoms with Gasteiger partial charge in [0, 0.05) is 26.2 Å². The second-order valence-corrected chi connectivity index (χ2v) is 10.4. The molecule has 5 rings (SSSR count). The van der Waals surface area contributed by atoms with Crippen molar-refractivity contribution < 1.29 is 13.2 Å². The van der Waals surface area contributed by atoms with E-state index in [0.29, 0.717) is 10.2 Å². The molecule has 0 saturated carbocycles. The highest BCUT2D eigenvalue weighted by atomic mass is 32.2. The Labute approximate surface area is 188 Å². The van der Waals surface area contributed by atoms with Crippen molar-refractivity contribution in [3.8, 4) is 0 Å². The first kappa shape index (κ1) is 20.8. The van der Waals surface area contributed by atoms with Crippen LogP contribution in [0.5, 0.6) is 0 Å². The number of hydrogen-bond acceptors (Lipinski definition) is 6. The van der Waals surface area contributed by atoms with Crippen LogP contribution in [0.4, 0.5) is 0 Å². The topological polar surface area (TPSA) is 92.6 Å². The van der Waals surface area contributed by atoms with E-state index in [1.165, 1.54) is 26.5 Å². The Kier molecular flexibility index (Phi) is 5.28. The maximum absolute atomic E-state index is 13.1. The Bertz CT molecular complexity index is 1480. The number of carbonyl (C=O) groups excluding carboxylic acids is 1. The predicted molar refractivity (Wildman–Crippen MR) is 123 cm³/mol. The van der Waals surface area contributed by atoms with E-state index < -0.39 is 10.0 Å². The van der Waals surface area contributed by atoms with E-state index in [9.17, 15) is 18.0 Å². The van der Waals surface area contributed by atoms with Gasteiger partial charge in [-0.15, -0.1) is 11.3 Å². The van der Waals surface area contributed by atoms with Crippen LogP contribution in [0.3, 0.4) is 0 Å². The van der Waals surface area contributed by atoms with Gasteiger partial charge in [0.05, 0.1) is 16.6 Å². The highest BCUT2D eigenvalue weighted by Crippen LogP contribution is 2.23. The Hall–Kier alpha value is -3.08. The maximum atomic E-state index is 13.1. The summed E-state index contributed by atoms with van der Waals surface area (Å²) in [5.74, 6) is -0.230. The number of carbonyl (C=O) groups is 1. The third-order valence-corrected chi connectivity index (χ3v) is 8.42. The summed E-state index contributed by atoms with van der Waals surface area (Å²) in [7, 11) is -3.65. The molecule has 1 aliphatic heterocycles. The Balaban J connectivity index is 1.27. The van der Waals surface area contributed by atoms with Gasteiger partial charge in [-0.05, 0) is 34.4 Å². The molecule has 0 atom stereocenters. The van der Waals surface area contributed by atoms with Gasteiger partial charge in [-0.3, -0.25) is 14.2 Å². The van der Waals surface area contributed by atoms with Crippen molar-refractivity contribution in [3.05, 3.63) is 70.6 Å². The molecule has 164 valence electrons. The molecule has 0 spiro atoms. The molecule has 1 aliphatic rings. The molecule has 3 heterocycles. The number of amides is 1. The Morgan fingerprint density at radius 1 is 1.00 bits per heavy atom. The molecule has 8 nitrogen and oxygen atoms in total. The standard InChI is InChI=1S/C22H20N4O4S2/c27-20(14-25-15-23-21-19(22(25)28)7-12-31-21)24-8-10-26(11-9-24)32(29,30)18-6-5-16-3-1-2-4-17(16)13-18/h1-7,12-13,15H,8-11,14H2. The molecule has 10 heteroatoms. The smallest absolute Gasteiger partial charge is 0.262 e. The minimum Gasteiger partial charge on any atom is -0.338 e. The molecule has 1 fully saturated rings. The average Bonchev–Trinajstić information content (AvgIpc) is 3.30. The van der Waals surface area contributed by atoms with Gasteiger partial charge in [0.15, 0.2) is 0 Å². The van der Waals surface area contributed by atoms with E-state index in [0.717, 1.165) is 10.8 Å². The minimum atomic E-state index is -3.65. The largest absolute Gasteiger partial charge is 0.338 e. The molecular weight excluding hydrogens is 448 g/mol. The molecule has 0 unspecified atom stereocenters. The van der Waals surface area contributed by atoms with Crippen molar-refractivity contribution in [3.63, 3.8) is 0 Å². The van der Waals surface area contributed by atoms with E-state index >= 15 is 0 Å². The zero-order valence-electron chi connectivity index (χ0n) is 17.0. The quantitative estimate of drug-likeness (QED) is 0.458. The fourth-order valence-corrected chi connectivity index (χ4v) is 6.09. The first-order valence-electron chi connectivity index (χ1n) is 10.1. The SMILES string of the molecule is O=C(Cn1cnc2sccc2c1=O)N1CCN(S(=O)(=O)c2ccc3ccccc3c2)CC1. The number of benzene rings is 2. The zero-order chi connectivity index (χ0) is 22.3. The molecule has 0 N–H and O–H groups in total. The number of rotatable bonds is 4. The van der Waals surface area contributed by atoms with Crippen LogP contribution < -0.4 is 5.56 Å². The van der Waals surface area contributed by atoms with E-state index in [2.05, 4.69) is 4.98 Å². The number of piperazine rings is 1. The summed E-state index contributed by atoms with van der Waals surface area (Å²) in [5.41, 5.74) is -0.248. The third-order valence-electron chi connectivity index (χ3n) is 5.71. The van der Waals surface area contributed by atoms with Gasteiger partial charge >= 0.3 is 0 Å². The lowest BCUT2D eigenvalue weighted by Crippen LogP contribution is -2.51. The normalized spacial score (nSPS) is 15.4. The number of thiophene rings is 1. The van der Waals surface area contributed by atoms with E-state index in [1.807, 2.05) is 24.3 Å². The second-order valence-electron chi connectivity index (χ2n) is 7.61. The van der Waals surface area contributed by atoms with E-state index in [1.54, 1.807) is 34.5 Å². The number of sulfonamides is 1. The Morgan fingerprint density at radius 2 is 1.75 bits per heavy atom. The van der Waals surface area contributed by atoms with Crippen molar-refractivity contribution in [2.75, 3.05) is 26.2 Å². The van der Waals surface area contributed by atoms with Crippen LogP contribution in [0.15, 0.2) is 69.9 Å². The number of nitrogens with zero attached hydrogens (tertiary/aromatic N) is 4. The Morgan fingerprint density at radius 3 is 2.53 bits per heavy atom. The minimum absolute atomic E-state index is 0.116. The molecule has 32 heavy (non-hydrogen) atoms. The molecule has 2 aromatic carbocycles. The van der Waals surface area contributed by atoms with Crippen molar-refractivity contribution in [1.82, 2.24) is 18.8 Å². The maximum Gasteiger partial charge on any atom is 0.262 e. The van der Waals surface area contributed by atoms with Crippen molar-refractivity contribution in [2.45, 2.75) is 11.4 Å². The highest BCUT2D eigenvalue weighted by Gasteiger charge is 2.30. The fraction of sp³-hybridized carbons (Fsp3) is 0.227. The molecule has 2 aromatic heterocycles. The van der Waals surface area contributed by atoms with Crippen LogP contribution in [0, 0.1) is 0 Å². The summed E-state index contributed by atoms with van der Waals surface area (Å²) >= 11 is 1.38. The van der Waals surface area contributed by atoms with Gasteiger partial charge in [-0.1, -0.05) is 30.3 Å². The van der Waals surface area contributed by atoms with Crippen LogP contribution >= 0.6 is 11.3 Å². The monoisotopic (exact) mass is 468 g/mol. The molecule has 0 aliphatic carbocycles. The van der Waals surface area contributed by atoms with Crippen LogP contribution in [0.2, 0.25) is 0 Å². The predicted octanol–water partition coefficient (Wildman–Crippen LogP) is 2.14. The summed E-state index contributed by atoms with van der Waals surface area (Å²) in [6.07, 6.45) is 1.39. The van der Waals surface area contributed by atoms with E-state index in [4.69, 9.17) is 0 Å². The number of aromatic nitrogens is 2. The van der Waals surface area contributed by atoms with E-state index in [-0.39, 0.29) is 49.1 Å². The summed E-state index contributed by atoms with van der Waals surface area (Å²) in [6, 6.07) is 14.4. The molecule has 0 radical (unpaired) electrons. The third kappa shape index (κ3) is 3.70. The van der Waals surface area contributed by atoms with Gasteiger partial charge in [0.25, 0.3) is 5.56 Å². The molecular formula is C22H20N4O4S2. The van der Waals surface area contributed by atoms with Gasteiger partial charge < -0.3 is 4.90 Å². The fourth-order valence-electron chi connectivity index (χ4n) is 3.91. The first-order chi connectivity index (χ1) is 15.4. The van der Waals surface area contributed by atoms with Crippen molar-refractivity contribution in [2.24, 2.45) is 0 Å². The second kappa shape index (κ2) is 8.12. The van der Waals surface area contributed by atoms with Gasteiger partial charge in [0.2, 0.25) is 15.9 Å². The number of hydrogen-bond donors (Lipinski definition) is 0. The lowest BCUT2D eigenvalue weighted by atomic mass is 10.1. The zero-order valence-corrected chi connectivity index (χ0v) is 18.7. The molecule has 1 amide bonds. The number of fused-ring (bicyclic) bond motifs is 2. The summed E-state index contributed by atoms with van der Waals surface area (Å²) in [6.45, 7) is 0.841. The van der Waals surface area contributed by atoms with Crippen LogP contribution in [0.1, 0.15) is 0 Å². The molecule has 4 aromatic rings. The van der Waals surface area contributed by atoms with Gasteiger partial charge in [-0.25, -0.2) is 13.4 Å². The lowest BCUT2D eigenvalue weighted by Gasteiger charge is -2.34. The van der Waals surface area contributed by atoms with Crippen LogP contribution in [-0.4, -0.2) is 59.3 Å². The molecule has 1 saturated heterocycles.